The molecule has 702 valence electrons. The normalized spacial score (nSPS) is 11.2. The highest BCUT2D eigenvalue weighted by atomic mass is 15.1. The summed E-state index contributed by atoms with van der Waals surface area (Å²) in [6, 6.07) is 194. The monoisotopic (exact) mass is 1910 g/mol. The second-order valence-electron chi connectivity index (χ2n) is 37.2. The van der Waals surface area contributed by atoms with Gasteiger partial charge in [-0.3, -0.25) is 0 Å². The summed E-state index contributed by atoms with van der Waals surface area (Å²) < 4.78 is 0. The van der Waals surface area contributed by atoms with Crippen molar-refractivity contribution < 1.29 is 0 Å². The predicted octanol–water partition coefficient (Wildman–Crippen LogP) is 35.9. The van der Waals surface area contributed by atoms with Gasteiger partial charge in [-0.1, -0.05) is 528 Å². The highest BCUT2D eigenvalue weighted by molar-refractivity contribution is 6.25. The third-order valence-electron chi connectivity index (χ3n) is 27.8. The molecular formula is C140H92N10. The Bertz CT molecular complexity index is 9130. The SMILES string of the molecule is c1ccc(-c2ccc(-c3nc(-c4ccc(-c5ccccc5)cc4)nc(-c4ccc(-c5c6c(ccc7ccccc76)nc6ccc7ccccc7c56)cc4)n3)cc2)cc1.c1ccc(-c2ccc(-c3nc(-c4ccc(-c5ccccc5)cc4)nc(-c4ccc(-c5c6ccccc6cc6ccccc56)cc4)n3)cc2)cc1.c1ccc(-c2ccc(-c3nc(-c4cccc(-c5ccccc5)c4)nc(-c4cccc(-c5ccccc5)c4)n3)cc2)cc1. The molecule has 0 spiro atoms. The number of hydrogen-bond acceptors (Lipinski definition) is 10. The fraction of sp³-hybridized carbons (Fsp3) is 0. The maximum atomic E-state index is 5.22. The molecule has 0 fully saturated rings. The molecule has 10 nitrogen and oxygen atoms in total. The van der Waals surface area contributed by atoms with Crippen LogP contribution in [0.4, 0.5) is 0 Å². The van der Waals surface area contributed by atoms with E-state index in [1.807, 2.05) is 42.5 Å². The standard InChI is InChI=1S/C54H34N4.C47H31N3.C39H27N3/c1-3-11-35(12-4-1)37-19-25-42(26-20-37)52-56-53(43-27-21-38(22-28-43)36-13-5-2-6-14-36)58-54(57-52)44-29-23-41(24-30-44)49-50-45-17-9-7-15-39(45)31-33-47(50)55-48-34-32-40-16-8-10-18-46(40)51(48)49;1-3-11-32(12-4-1)34-19-25-37(26-20-34)45-48-46(38-27-21-35(22-28-38)33-13-5-2-6-14-33)50-47(49-45)39-29-23-36(24-30-39)44-42-17-9-7-15-40(42)31-41-16-8-10-18-43(41)44;1-4-12-28(13-5-1)31-22-24-32(25-23-31)37-40-38(35-20-10-18-33(26-35)29-14-6-2-7-15-29)42-39(41-37)36-21-11-19-34(27-36)30-16-8-3-9-17-30/h1-34H;1-31H;1-27H. The molecule has 0 unspecified atom stereocenters. The Balaban J connectivity index is 0.000000118. The molecule has 0 aliphatic heterocycles. The summed E-state index contributed by atoms with van der Waals surface area (Å²) in [5.41, 5.74) is 31.2. The van der Waals surface area contributed by atoms with Gasteiger partial charge in [0, 0.05) is 66.4 Å². The van der Waals surface area contributed by atoms with Gasteiger partial charge in [0.25, 0.3) is 0 Å². The van der Waals surface area contributed by atoms with E-state index in [1.165, 1.54) is 82.0 Å². The van der Waals surface area contributed by atoms with Crippen molar-refractivity contribution in [2.24, 2.45) is 0 Å². The smallest absolute Gasteiger partial charge is 0.164 e. The van der Waals surface area contributed by atoms with Gasteiger partial charge in [0.15, 0.2) is 52.4 Å². The van der Waals surface area contributed by atoms with E-state index in [9.17, 15) is 0 Å². The fourth-order valence-electron chi connectivity index (χ4n) is 20.1. The summed E-state index contributed by atoms with van der Waals surface area (Å²) in [5, 5.41) is 12.0. The van der Waals surface area contributed by atoms with Gasteiger partial charge in [-0.2, -0.15) is 0 Å². The first-order valence-corrected chi connectivity index (χ1v) is 50.4. The maximum absolute atomic E-state index is 5.22. The maximum Gasteiger partial charge on any atom is 0.164 e. The van der Waals surface area contributed by atoms with Crippen LogP contribution in [0.5, 0.6) is 0 Å². The second-order valence-corrected chi connectivity index (χ2v) is 37.2. The molecule has 4 heterocycles. The van der Waals surface area contributed by atoms with Gasteiger partial charge in [0.05, 0.1) is 11.0 Å². The van der Waals surface area contributed by atoms with E-state index in [0.29, 0.717) is 52.4 Å². The molecule has 27 rings (SSSR count). The number of pyridine rings is 1. The minimum Gasteiger partial charge on any atom is -0.248 e. The van der Waals surface area contributed by atoms with E-state index < -0.39 is 0 Å². The van der Waals surface area contributed by atoms with Gasteiger partial charge < -0.3 is 0 Å². The van der Waals surface area contributed by atoms with Gasteiger partial charge in [-0.25, -0.2) is 49.8 Å². The Hall–Kier alpha value is -20.2. The molecule has 0 bridgehead atoms. The topological polar surface area (TPSA) is 129 Å². The Morgan fingerprint density at radius 3 is 0.533 bits per heavy atom. The molecule has 0 aliphatic rings. The zero-order valence-corrected chi connectivity index (χ0v) is 81.6. The van der Waals surface area contributed by atoms with Crippen molar-refractivity contribution in [2.75, 3.05) is 0 Å². The Labute approximate surface area is 869 Å². The van der Waals surface area contributed by atoms with E-state index in [-0.39, 0.29) is 0 Å². The quantitative estimate of drug-likeness (QED) is 0.0605. The molecule has 27 aromatic rings. The molecule has 0 saturated carbocycles. The molecule has 23 aromatic carbocycles. The van der Waals surface area contributed by atoms with Crippen LogP contribution in [0, 0.1) is 0 Å². The van der Waals surface area contributed by atoms with Crippen LogP contribution < -0.4 is 0 Å². The van der Waals surface area contributed by atoms with Gasteiger partial charge in [-0.05, 0) is 168 Å². The summed E-state index contributed by atoms with van der Waals surface area (Å²) in [4.78, 5) is 50.6. The van der Waals surface area contributed by atoms with Crippen LogP contribution in [0.25, 0.3) is 268 Å². The van der Waals surface area contributed by atoms with E-state index in [2.05, 4.69) is 516 Å². The van der Waals surface area contributed by atoms with Gasteiger partial charge in [0.1, 0.15) is 0 Å². The highest BCUT2D eigenvalue weighted by Crippen LogP contribution is 2.45. The van der Waals surface area contributed by atoms with E-state index in [0.717, 1.165) is 133 Å². The first-order chi connectivity index (χ1) is 74.3. The summed E-state index contributed by atoms with van der Waals surface area (Å²) in [6.45, 7) is 0. The molecule has 0 saturated heterocycles. The van der Waals surface area contributed by atoms with Crippen molar-refractivity contribution in [3.63, 3.8) is 0 Å². The fourth-order valence-corrected chi connectivity index (χ4v) is 20.1. The van der Waals surface area contributed by atoms with E-state index in [1.54, 1.807) is 0 Å². The van der Waals surface area contributed by atoms with E-state index >= 15 is 0 Å². The molecule has 0 aliphatic carbocycles. The van der Waals surface area contributed by atoms with Crippen molar-refractivity contribution in [2.45, 2.75) is 0 Å². The lowest BCUT2D eigenvalue weighted by Crippen LogP contribution is -2.00. The van der Waals surface area contributed by atoms with Gasteiger partial charge in [-0.15, -0.1) is 0 Å². The number of nitrogens with zero attached hydrogens (tertiary/aromatic N) is 10. The van der Waals surface area contributed by atoms with Crippen LogP contribution in [0.3, 0.4) is 0 Å². The number of aromatic nitrogens is 10. The van der Waals surface area contributed by atoms with Crippen LogP contribution in [-0.4, -0.2) is 49.8 Å². The lowest BCUT2D eigenvalue weighted by atomic mass is 9.90. The van der Waals surface area contributed by atoms with Crippen LogP contribution in [0.2, 0.25) is 0 Å². The highest BCUT2D eigenvalue weighted by Gasteiger charge is 2.23. The van der Waals surface area contributed by atoms with Crippen molar-refractivity contribution in [3.05, 3.63) is 558 Å². The van der Waals surface area contributed by atoms with E-state index in [4.69, 9.17) is 49.8 Å². The number of fused-ring (bicyclic) bond motifs is 8. The van der Waals surface area contributed by atoms with Crippen LogP contribution >= 0.6 is 0 Å². The third kappa shape index (κ3) is 19.1. The van der Waals surface area contributed by atoms with Crippen molar-refractivity contribution in [3.8, 4) is 203 Å². The van der Waals surface area contributed by atoms with Crippen LogP contribution in [0.15, 0.2) is 558 Å². The minimum atomic E-state index is 0.617. The lowest BCUT2D eigenvalue weighted by molar-refractivity contribution is 1.07. The summed E-state index contributed by atoms with van der Waals surface area (Å²) >= 11 is 0. The molecule has 10 heteroatoms. The zero-order valence-electron chi connectivity index (χ0n) is 81.6. The Morgan fingerprint density at radius 2 is 0.273 bits per heavy atom. The predicted molar refractivity (Wildman–Crippen MR) is 620 cm³/mol. The Morgan fingerprint density at radius 1 is 0.0933 bits per heavy atom. The first-order valence-electron chi connectivity index (χ1n) is 50.4. The number of rotatable bonds is 18. The molecule has 150 heavy (non-hydrogen) atoms. The Kier molecular flexibility index (Phi) is 25.0. The average Bonchev–Trinajstić information content (AvgIpc) is 0.724. The molecule has 0 N–H and O–H groups in total. The lowest BCUT2D eigenvalue weighted by Gasteiger charge is -2.16. The second kappa shape index (κ2) is 41.3. The minimum absolute atomic E-state index is 0.617. The van der Waals surface area contributed by atoms with Crippen LogP contribution in [0.1, 0.15) is 0 Å². The van der Waals surface area contributed by atoms with Crippen molar-refractivity contribution in [1.29, 1.82) is 0 Å². The zero-order chi connectivity index (χ0) is 99.8. The van der Waals surface area contributed by atoms with Gasteiger partial charge >= 0.3 is 0 Å². The number of benzene rings is 23. The largest absolute Gasteiger partial charge is 0.248 e. The average molecular weight is 1910 g/mol. The van der Waals surface area contributed by atoms with Crippen molar-refractivity contribution >= 4 is 64.9 Å². The van der Waals surface area contributed by atoms with Crippen LogP contribution in [-0.2, 0) is 0 Å². The molecule has 4 aromatic heterocycles. The first kappa shape index (κ1) is 91.0. The van der Waals surface area contributed by atoms with Crippen molar-refractivity contribution in [1.82, 2.24) is 49.8 Å². The molecule has 0 amide bonds. The van der Waals surface area contributed by atoms with Gasteiger partial charge in [0.2, 0.25) is 0 Å². The number of hydrogen-bond donors (Lipinski definition) is 0. The molecule has 0 radical (unpaired) electrons. The molecule has 0 atom stereocenters. The molecular weight excluding hydrogens is 1820 g/mol. The summed E-state index contributed by atoms with van der Waals surface area (Å²) in [5.74, 6) is 5.71. The summed E-state index contributed by atoms with van der Waals surface area (Å²) in [6.07, 6.45) is 0. The third-order valence-corrected chi connectivity index (χ3v) is 27.8. The summed E-state index contributed by atoms with van der Waals surface area (Å²) in [7, 11) is 0.